The summed E-state index contributed by atoms with van der Waals surface area (Å²) in [5.74, 6) is 0.827. The fourth-order valence-electron chi connectivity index (χ4n) is 1.90. The van der Waals surface area contributed by atoms with E-state index >= 15 is 0 Å². The molecular weight excluding hydrogens is 204 g/mol. The van der Waals surface area contributed by atoms with Crippen LogP contribution in [0.5, 0.6) is 0 Å². The summed E-state index contributed by atoms with van der Waals surface area (Å²) in [6.07, 6.45) is 6.05. The molecule has 1 aromatic heterocycles. The Kier molecular flexibility index (Phi) is 3.82. The molecule has 5 nitrogen and oxygen atoms in total. The number of nitrogens with zero attached hydrogens (tertiary/aromatic N) is 2. The van der Waals surface area contributed by atoms with Gasteiger partial charge in [-0.2, -0.15) is 0 Å². The molecule has 1 fully saturated rings. The number of hydrogen-bond acceptors (Lipinski definition) is 4. The van der Waals surface area contributed by atoms with Crippen LogP contribution in [0.4, 0.5) is 5.95 Å². The van der Waals surface area contributed by atoms with Gasteiger partial charge in [0.15, 0.2) is 0 Å². The molecule has 2 heterocycles. The Morgan fingerprint density at radius 2 is 2.31 bits per heavy atom. The van der Waals surface area contributed by atoms with Crippen molar-refractivity contribution in [1.82, 2.24) is 15.3 Å². The fraction of sp³-hybridized carbons (Fsp3) is 0.545. The van der Waals surface area contributed by atoms with Crippen LogP contribution in [0.2, 0.25) is 0 Å². The van der Waals surface area contributed by atoms with Gasteiger partial charge in [0.1, 0.15) is 0 Å². The normalized spacial score (nSPS) is 20.4. The Morgan fingerprint density at radius 3 is 3.00 bits per heavy atom. The Bertz CT molecular complexity index is 335. The van der Waals surface area contributed by atoms with Crippen molar-refractivity contribution in [3.05, 3.63) is 18.5 Å². The molecule has 2 rings (SSSR count). The molecule has 1 amide bonds. The van der Waals surface area contributed by atoms with Gasteiger partial charge in [0, 0.05) is 18.8 Å². The van der Waals surface area contributed by atoms with Crippen molar-refractivity contribution in [2.24, 2.45) is 5.92 Å². The van der Waals surface area contributed by atoms with Gasteiger partial charge >= 0.3 is 0 Å². The highest BCUT2D eigenvalue weighted by Gasteiger charge is 2.16. The summed E-state index contributed by atoms with van der Waals surface area (Å²) >= 11 is 0. The van der Waals surface area contributed by atoms with Crippen molar-refractivity contribution in [3.8, 4) is 0 Å². The molecule has 1 aromatic rings. The third kappa shape index (κ3) is 3.27. The Labute approximate surface area is 94.7 Å². The predicted molar refractivity (Wildman–Crippen MR) is 60.9 cm³/mol. The molecule has 0 spiro atoms. The van der Waals surface area contributed by atoms with E-state index in [4.69, 9.17) is 0 Å². The van der Waals surface area contributed by atoms with E-state index in [1.807, 2.05) is 0 Å². The van der Waals surface area contributed by atoms with Gasteiger partial charge in [-0.15, -0.1) is 0 Å². The van der Waals surface area contributed by atoms with E-state index in [2.05, 4.69) is 20.6 Å². The monoisotopic (exact) mass is 220 g/mol. The van der Waals surface area contributed by atoms with Crippen LogP contribution in [0.3, 0.4) is 0 Å². The highest BCUT2D eigenvalue weighted by Crippen LogP contribution is 2.14. The molecule has 1 unspecified atom stereocenters. The maximum Gasteiger partial charge on any atom is 0.229 e. The average Bonchev–Trinajstić information content (AvgIpc) is 2.31. The van der Waals surface area contributed by atoms with Gasteiger partial charge in [-0.05, 0) is 37.9 Å². The maximum atomic E-state index is 11.7. The summed E-state index contributed by atoms with van der Waals surface area (Å²) in [5, 5.41) is 5.99. The second kappa shape index (κ2) is 5.55. The first-order chi connectivity index (χ1) is 7.84. The summed E-state index contributed by atoms with van der Waals surface area (Å²) in [6, 6.07) is 1.72. The van der Waals surface area contributed by atoms with Crippen LogP contribution >= 0.6 is 0 Å². The third-order valence-corrected chi connectivity index (χ3v) is 2.69. The number of rotatable bonds is 3. The smallest absolute Gasteiger partial charge is 0.229 e. The van der Waals surface area contributed by atoms with Crippen molar-refractivity contribution >= 4 is 11.9 Å². The van der Waals surface area contributed by atoms with E-state index in [1.54, 1.807) is 18.5 Å². The van der Waals surface area contributed by atoms with Crippen LogP contribution in [-0.4, -0.2) is 29.0 Å². The largest absolute Gasteiger partial charge is 0.316 e. The summed E-state index contributed by atoms with van der Waals surface area (Å²) in [5.41, 5.74) is 0. The number of anilines is 1. The highest BCUT2D eigenvalue weighted by molar-refractivity contribution is 5.89. The van der Waals surface area contributed by atoms with Crippen LogP contribution in [-0.2, 0) is 4.79 Å². The fourth-order valence-corrected chi connectivity index (χ4v) is 1.90. The number of carbonyl (C=O) groups excluding carboxylic acids is 1. The molecule has 1 aliphatic heterocycles. The molecule has 2 N–H and O–H groups in total. The molecule has 0 saturated carbocycles. The lowest BCUT2D eigenvalue weighted by Gasteiger charge is -2.21. The standard InChI is InChI=1S/C11H16N4O/c16-10(7-9-3-1-4-12-8-9)15-11-13-5-2-6-14-11/h2,5-6,9,12H,1,3-4,7-8H2,(H,13,14,15,16). The molecule has 1 saturated heterocycles. The average molecular weight is 220 g/mol. The van der Waals surface area contributed by atoms with Crippen LogP contribution < -0.4 is 10.6 Å². The van der Waals surface area contributed by atoms with Crippen molar-refractivity contribution < 1.29 is 4.79 Å². The number of amides is 1. The topological polar surface area (TPSA) is 66.9 Å². The molecule has 0 bridgehead atoms. The Hall–Kier alpha value is -1.49. The van der Waals surface area contributed by atoms with E-state index in [1.165, 1.54) is 0 Å². The van der Waals surface area contributed by atoms with E-state index in [0.717, 1.165) is 25.9 Å². The zero-order chi connectivity index (χ0) is 11.2. The van der Waals surface area contributed by atoms with Crippen molar-refractivity contribution in [2.75, 3.05) is 18.4 Å². The molecule has 1 atom stereocenters. The van der Waals surface area contributed by atoms with E-state index < -0.39 is 0 Å². The van der Waals surface area contributed by atoms with Crippen LogP contribution in [0.25, 0.3) is 0 Å². The second-order valence-electron chi connectivity index (χ2n) is 4.04. The molecule has 1 aliphatic rings. The molecule has 0 aliphatic carbocycles. The minimum absolute atomic E-state index is 0.0000926. The van der Waals surface area contributed by atoms with Crippen LogP contribution in [0, 0.1) is 5.92 Å². The van der Waals surface area contributed by atoms with E-state index in [0.29, 0.717) is 18.3 Å². The van der Waals surface area contributed by atoms with Crippen molar-refractivity contribution in [3.63, 3.8) is 0 Å². The van der Waals surface area contributed by atoms with Gasteiger partial charge in [-0.3, -0.25) is 10.1 Å². The van der Waals surface area contributed by atoms with Crippen LogP contribution in [0.15, 0.2) is 18.5 Å². The van der Waals surface area contributed by atoms with E-state index in [9.17, 15) is 4.79 Å². The SMILES string of the molecule is O=C(CC1CCCNC1)Nc1ncccn1. The summed E-state index contributed by atoms with van der Waals surface area (Å²) < 4.78 is 0. The highest BCUT2D eigenvalue weighted by atomic mass is 16.1. The van der Waals surface area contributed by atoms with Crippen molar-refractivity contribution in [2.45, 2.75) is 19.3 Å². The van der Waals surface area contributed by atoms with Crippen LogP contribution in [0.1, 0.15) is 19.3 Å². The number of aromatic nitrogens is 2. The predicted octanol–water partition coefficient (Wildman–Crippen LogP) is 0.805. The quantitative estimate of drug-likeness (QED) is 0.791. The Balaban J connectivity index is 1.80. The Morgan fingerprint density at radius 1 is 1.50 bits per heavy atom. The lowest BCUT2D eigenvalue weighted by molar-refractivity contribution is -0.117. The number of hydrogen-bond donors (Lipinski definition) is 2. The number of carbonyl (C=O) groups is 1. The molecular formula is C11H16N4O. The second-order valence-corrected chi connectivity index (χ2v) is 4.04. The zero-order valence-electron chi connectivity index (χ0n) is 9.15. The first-order valence-electron chi connectivity index (χ1n) is 5.62. The van der Waals surface area contributed by atoms with Gasteiger partial charge in [-0.25, -0.2) is 9.97 Å². The van der Waals surface area contributed by atoms with E-state index in [-0.39, 0.29) is 5.91 Å². The molecule has 86 valence electrons. The lowest BCUT2D eigenvalue weighted by Crippen LogP contribution is -2.32. The van der Waals surface area contributed by atoms with Gasteiger partial charge in [0.05, 0.1) is 0 Å². The van der Waals surface area contributed by atoms with Crippen molar-refractivity contribution in [1.29, 1.82) is 0 Å². The lowest BCUT2D eigenvalue weighted by atomic mass is 9.96. The summed E-state index contributed by atoms with van der Waals surface area (Å²) in [7, 11) is 0. The first-order valence-corrected chi connectivity index (χ1v) is 5.62. The van der Waals surface area contributed by atoms with Gasteiger partial charge in [0.25, 0.3) is 0 Å². The molecule has 0 aromatic carbocycles. The van der Waals surface area contributed by atoms with Gasteiger partial charge in [-0.1, -0.05) is 0 Å². The summed E-state index contributed by atoms with van der Waals surface area (Å²) in [6.45, 7) is 2.00. The first kappa shape index (κ1) is 11.0. The molecule has 0 radical (unpaired) electrons. The summed E-state index contributed by atoms with van der Waals surface area (Å²) in [4.78, 5) is 19.6. The number of nitrogens with one attached hydrogen (secondary N) is 2. The maximum absolute atomic E-state index is 11.7. The minimum atomic E-state index is -0.0000926. The van der Waals surface area contributed by atoms with Gasteiger partial charge < -0.3 is 5.32 Å². The minimum Gasteiger partial charge on any atom is -0.316 e. The zero-order valence-corrected chi connectivity index (χ0v) is 9.15. The third-order valence-electron chi connectivity index (χ3n) is 2.69. The molecule has 5 heteroatoms. The van der Waals surface area contributed by atoms with Gasteiger partial charge in [0.2, 0.25) is 11.9 Å². The number of piperidine rings is 1. The molecule has 16 heavy (non-hydrogen) atoms.